The predicted molar refractivity (Wildman–Crippen MR) is 66.3 cm³/mol. The molecule has 0 fully saturated rings. The molecule has 1 atom stereocenters. The molecule has 0 bridgehead atoms. The molecule has 1 aromatic heterocycles. The molecule has 1 aromatic rings. The number of pyridine rings is 1. The molecule has 0 saturated heterocycles. The van der Waals surface area contributed by atoms with E-state index in [-0.39, 0.29) is 12.0 Å². The summed E-state index contributed by atoms with van der Waals surface area (Å²) in [5.41, 5.74) is 0. The number of halogens is 1. The van der Waals surface area contributed by atoms with Crippen LogP contribution >= 0.6 is 15.9 Å². The summed E-state index contributed by atoms with van der Waals surface area (Å²) in [7, 11) is 1.64. The predicted octanol–water partition coefficient (Wildman–Crippen LogP) is 2.60. The van der Waals surface area contributed by atoms with Crippen LogP contribution in [0.1, 0.15) is 19.8 Å². The lowest BCUT2D eigenvalue weighted by Gasteiger charge is -2.09. The Morgan fingerprint density at radius 1 is 1.62 bits per heavy atom. The normalized spacial score (nSPS) is 12.2. The number of anilines is 1. The van der Waals surface area contributed by atoms with E-state index in [1.165, 1.54) is 0 Å². The number of carbonyl (C=O) groups is 1. The average molecular weight is 287 g/mol. The van der Waals surface area contributed by atoms with Gasteiger partial charge in [0.2, 0.25) is 5.91 Å². The monoisotopic (exact) mass is 286 g/mol. The number of aromatic nitrogens is 1. The summed E-state index contributed by atoms with van der Waals surface area (Å²) < 4.78 is 5.77. The first-order valence-corrected chi connectivity index (χ1v) is 5.86. The molecule has 5 heteroatoms. The first-order valence-electron chi connectivity index (χ1n) is 5.07. The van der Waals surface area contributed by atoms with Gasteiger partial charge in [-0.25, -0.2) is 4.98 Å². The molecule has 88 valence electrons. The fourth-order valence-corrected chi connectivity index (χ4v) is 1.48. The van der Waals surface area contributed by atoms with Crippen LogP contribution in [0, 0.1) is 0 Å². The van der Waals surface area contributed by atoms with E-state index in [4.69, 9.17) is 4.74 Å². The smallest absolute Gasteiger partial charge is 0.225 e. The van der Waals surface area contributed by atoms with Gasteiger partial charge in [0.25, 0.3) is 0 Å². The summed E-state index contributed by atoms with van der Waals surface area (Å²) in [6.45, 7) is 1.94. The second kappa shape index (κ2) is 6.60. The van der Waals surface area contributed by atoms with Crippen LogP contribution in [0.25, 0.3) is 0 Å². The Morgan fingerprint density at radius 3 is 3.00 bits per heavy atom. The molecule has 0 spiro atoms. The summed E-state index contributed by atoms with van der Waals surface area (Å²) in [4.78, 5) is 15.6. The number of methoxy groups -OCH3 is 1. The lowest BCUT2D eigenvalue weighted by atomic mass is 10.2. The van der Waals surface area contributed by atoms with Gasteiger partial charge in [-0.15, -0.1) is 0 Å². The number of amides is 1. The summed E-state index contributed by atoms with van der Waals surface area (Å²) in [6.07, 6.45) is 1.24. The highest BCUT2D eigenvalue weighted by molar-refractivity contribution is 9.10. The number of hydrogen-bond donors (Lipinski definition) is 1. The Bertz CT molecular complexity index is 358. The van der Waals surface area contributed by atoms with E-state index in [0.29, 0.717) is 23.3 Å². The molecule has 16 heavy (non-hydrogen) atoms. The average Bonchev–Trinajstić information content (AvgIpc) is 2.26. The molecule has 0 aliphatic carbocycles. The van der Waals surface area contributed by atoms with E-state index in [2.05, 4.69) is 26.2 Å². The van der Waals surface area contributed by atoms with Gasteiger partial charge < -0.3 is 10.1 Å². The third kappa shape index (κ3) is 4.72. The molecule has 4 nitrogen and oxygen atoms in total. The second-order valence-electron chi connectivity index (χ2n) is 3.48. The molecular formula is C11H15BrN2O2. The fourth-order valence-electron chi connectivity index (χ4n) is 1.14. The molecule has 0 radical (unpaired) electrons. The minimum absolute atomic E-state index is 0.0468. The van der Waals surface area contributed by atoms with E-state index in [1.807, 2.05) is 19.1 Å². The first-order chi connectivity index (χ1) is 7.61. The van der Waals surface area contributed by atoms with Crippen molar-refractivity contribution in [1.29, 1.82) is 0 Å². The summed E-state index contributed by atoms with van der Waals surface area (Å²) in [5, 5.41) is 2.73. The van der Waals surface area contributed by atoms with Crippen LogP contribution in [-0.4, -0.2) is 24.1 Å². The maximum atomic E-state index is 11.5. The fraction of sp³-hybridized carbons (Fsp3) is 0.455. The zero-order chi connectivity index (χ0) is 12.0. The van der Waals surface area contributed by atoms with Crippen LogP contribution in [0.3, 0.4) is 0 Å². The molecule has 1 heterocycles. The van der Waals surface area contributed by atoms with Gasteiger partial charge in [-0.3, -0.25) is 4.79 Å². The van der Waals surface area contributed by atoms with Crippen molar-refractivity contribution in [2.45, 2.75) is 25.9 Å². The van der Waals surface area contributed by atoms with Crippen LogP contribution in [0.15, 0.2) is 22.8 Å². The molecule has 0 aliphatic rings. The van der Waals surface area contributed by atoms with Crippen LogP contribution in [-0.2, 0) is 9.53 Å². The van der Waals surface area contributed by atoms with Gasteiger partial charge in [0.1, 0.15) is 10.4 Å². The number of nitrogens with zero attached hydrogens (tertiary/aromatic N) is 1. The lowest BCUT2D eigenvalue weighted by Crippen LogP contribution is -2.15. The summed E-state index contributed by atoms with van der Waals surface area (Å²) in [5.74, 6) is 0.513. The lowest BCUT2D eigenvalue weighted by molar-refractivity contribution is -0.116. The van der Waals surface area contributed by atoms with Gasteiger partial charge in [-0.2, -0.15) is 0 Å². The van der Waals surface area contributed by atoms with Gasteiger partial charge in [0.15, 0.2) is 0 Å². The zero-order valence-corrected chi connectivity index (χ0v) is 11.0. The Hall–Kier alpha value is -0.940. The van der Waals surface area contributed by atoms with Crippen molar-refractivity contribution < 1.29 is 9.53 Å². The molecule has 1 unspecified atom stereocenters. The third-order valence-electron chi connectivity index (χ3n) is 2.16. The van der Waals surface area contributed by atoms with Gasteiger partial charge in [0.05, 0.1) is 6.10 Å². The van der Waals surface area contributed by atoms with E-state index >= 15 is 0 Å². The van der Waals surface area contributed by atoms with Crippen molar-refractivity contribution in [2.24, 2.45) is 0 Å². The molecular weight excluding hydrogens is 272 g/mol. The number of rotatable bonds is 5. The Labute approximate surface area is 104 Å². The van der Waals surface area contributed by atoms with E-state index in [9.17, 15) is 4.79 Å². The van der Waals surface area contributed by atoms with Crippen LogP contribution < -0.4 is 5.32 Å². The topological polar surface area (TPSA) is 51.2 Å². The minimum atomic E-state index is -0.0468. The van der Waals surface area contributed by atoms with Crippen LogP contribution in [0.4, 0.5) is 5.82 Å². The zero-order valence-electron chi connectivity index (χ0n) is 9.37. The molecule has 0 saturated carbocycles. The van der Waals surface area contributed by atoms with Crippen molar-refractivity contribution in [3.63, 3.8) is 0 Å². The van der Waals surface area contributed by atoms with E-state index in [0.717, 1.165) is 0 Å². The molecule has 1 N–H and O–H groups in total. The molecule has 1 rings (SSSR count). The number of nitrogens with one attached hydrogen (secondary N) is 1. The van der Waals surface area contributed by atoms with Crippen LogP contribution in [0.2, 0.25) is 0 Å². The number of ether oxygens (including phenoxy) is 1. The number of hydrogen-bond acceptors (Lipinski definition) is 3. The highest BCUT2D eigenvalue weighted by Gasteiger charge is 2.06. The first kappa shape index (κ1) is 13.1. The Morgan fingerprint density at radius 2 is 2.38 bits per heavy atom. The van der Waals surface area contributed by atoms with Crippen molar-refractivity contribution >= 4 is 27.7 Å². The van der Waals surface area contributed by atoms with Gasteiger partial charge >= 0.3 is 0 Å². The highest BCUT2D eigenvalue weighted by Crippen LogP contribution is 2.10. The summed E-state index contributed by atoms with van der Waals surface area (Å²) in [6, 6.07) is 5.38. The Kier molecular flexibility index (Phi) is 5.42. The minimum Gasteiger partial charge on any atom is -0.382 e. The van der Waals surface area contributed by atoms with E-state index < -0.39 is 0 Å². The molecule has 1 amide bonds. The maximum Gasteiger partial charge on any atom is 0.225 e. The van der Waals surface area contributed by atoms with Crippen molar-refractivity contribution in [2.75, 3.05) is 12.4 Å². The SMILES string of the molecule is COC(C)CCC(=O)Nc1cccc(Br)n1. The molecule has 0 aliphatic heterocycles. The third-order valence-corrected chi connectivity index (χ3v) is 2.60. The van der Waals surface area contributed by atoms with Crippen molar-refractivity contribution in [1.82, 2.24) is 4.98 Å². The van der Waals surface area contributed by atoms with Gasteiger partial charge in [-0.1, -0.05) is 6.07 Å². The maximum absolute atomic E-state index is 11.5. The number of carbonyl (C=O) groups excluding carboxylic acids is 1. The second-order valence-corrected chi connectivity index (χ2v) is 4.29. The van der Waals surface area contributed by atoms with Crippen LogP contribution in [0.5, 0.6) is 0 Å². The highest BCUT2D eigenvalue weighted by atomic mass is 79.9. The van der Waals surface area contributed by atoms with Gasteiger partial charge in [-0.05, 0) is 41.4 Å². The van der Waals surface area contributed by atoms with Crippen molar-refractivity contribution in [3.05, 3.63) is 22.8 Å². The Balaban J connectivity index is 2.40. The van der Waals surface area contributed by atoms with E-state index in [1.54, 1.807) is 13.2 Å². The van der Waals surface area contributed by atoms with Crippen molar-refractivity contribution in [3.8, 4) is 0 Å². The van der Waals surface area contributed by atoms with Gasteiger partial charge in [0, 0.05) is 13.5 Å². The summed E-state index contributed by atoms with van der Waals surface area (Å²) >= 11 is 3.24. The standard InChI is InChI=1S/C11H15BrN2O2/c1-8(16-2)6-7-11(15)14-10-5-3-4-9(12)13-10/h3-5,8H,6-7H2,1-2H3,(H,13,14,15). The quantitative estimate of drug-likeness (QED) is 0.847. The largest absolute Gasteiger partial charge is 0.382 e. The molecule has 0 aromatic carbocycles.